The number of hydrogen-bond donors (Lipinski definition) is 1. The van der Waals surface area contributed by atoms with Crippen LogP contribution in [0, 0.1) is 13.8 Å². The summed E-state index contributed by atoms with van der Waals surface area (Å²) in [7, 11) is 0. The van der Waals surface area contributed by atoms with Crippen molar-refractivity contribution in [1.82, 2.24) is 15.2 Å². The predicted octanol–water partition coefficient (Wildman–Crippen LogP) is 3.98. The van der Waals surface area contributed by atoms with Gasteiger partial charge >= 0.3 is 0 Å². The highest BCUT2D eigenvalue weighted by atomic mass is 32.1. The van der Waals surface area contributed by atoms with Crippen LogP contribution in [-0.4, -0.2) is 54.2 Å². The van der Waals surface area contributed by atoms with E-state index in [1.807, 2.05) is 44.2 Å². The number of thiazole rings is 1. The lowest BCUT2D eigenvalue weighted by Crippen LogP contribution is -2.44. The minimum Gasteiger partial charge on any atom is -0.492 e. The predicted molar refractivity (Wildman–Crippen MR) is 130 cm³/mol. The van der Waals surface area contributed by atoms with E-state index in [0.717, 1.165) is 39.4 Å². The molecule has 0 aliphatic carbocycles. The number of carbonyl (C=O) groups excluding carboxylic acids is 2. The van der Waals surface area contributed by atoms with Gasteiger partial charge in [-0.3, -0.25) is 9.59 Å². The van der Waals surface area contributed by atoms with Crippen molar-refractivity contribution in [1.29, 1.82) is 0 Å². The SMILES string of the molecule is Cc1cccc(-c2sc(C)nc2C(=O)N2CCOC2CNC(=O)c2cccc3c2OCCC3)c1. The first-order valence-corrected chi connectivity index (χ1v) is 12.3. The van der Waals surface area contributed by atoms with Gasteiger partial charge < -0.3 is 19.7 Å². The highest BCUT2D eigenvalue weighted by Gasteiger charge is 2.34. The second-order valence-corrected chi connectivity index (χ2v) is 9.76. The quantitative estimate of drug-likeness (QED) is 0.601. The maximum atomic E-state index is 13.5. The van der Waals surface area contributed by atoms with E-state index in [4.69, 9.17) is 9.47 Å². The second-order valence-electron chi connectivity index (χ2n) is 8.56. The van der Waals surface area contributed by atoms with Gasteiger partial charge in [-0.05, 0) is 43.9 Å². The number of hydrogen-bond acceptors (Lipinski definition) is 6. The van der Waals surface area contributed by atoms with Crippen LogP contribution in [0.2, 0.25) is 0 Å². The first kappa shape index (κ1) is 22.6. The lowest BCUT2D eigenvalue weighted by molar-refractivity contribution is 0.0276. The molecule has 2 aliphatic heterocycles. The lowest BCUT2D eigenvalue weighted by atomic mass is 10.0. The van der Waals surface area contributed by atoms with Gasteiger partial charge in [-0.2, -0.15) is 0 Å². The average Bonchev–Trinajstić information content (AvgIpc) is 3.48. The topological polar surface area (TPSA) is 80.8 Å². The van der Waals surface area contributed by atoms with Gasteiger partial charge in [0.2, 0.25) is 0 Å². The maximum absolute atomic E-state index is 13.5. The molecule has 2 aromatic carbocycles. The summed E-state index contributed by atoms with van der Waals surface area (Å²) in [6, 6.07) is 13.7. The van der Waals surface area contributed by atoms with Crippen LogP contribution in [0.3, 0.4) is 0 Å². The zero-order valence-corrected chi connectivity index (χ0v) is 20.1. The Bertz CT molecular complexity index is 1240. The number of ether oxygens (including phenoxy) is 2. The molecule has 5 rings (SSSR count). The van der Waals surface area contributed by atoms with Gasteiger partial charge in [0.05, 0.1) is 35.2 Å². The third-order valence-corrected chi connectivity index (χ3v) is 7.10. The van der Waals surface area contributed by atoms with E-state index in [9.17, 15) is 9.59 Å². The molecule has 3 aromatic rings. The molecule has 1 N–H and O–H groups in total. The Labute approximate surface area is 202 Å². The summed E-state index contributed by atoms with van der Waals surface area (Å²) in [6.45, 7) is 5.60. The Morgan fingerprint density at radius 1 is 1.18 bits per heavy atom. The number of carbonyl (C=O) groups is 2. The number of benzene rings is 2. The summed E-state index contributed by atoms with van der Waals surface area (Å²) in [4.78, 5) is 33.5. The Kier molecular flexibility index (Phi) is 6.34. The lowest BCUT2D eigenvalue weighted by Gasteiger charge is -2.24. The van der Waals surface area contributed by atoms with Crippen molar-refractivity contribution in [2.24, 2.45) is 0 Å². The van der Waals surface area contributed by atoms with Gasteiger partial charge in [-0.1, -0.05) is 42.0 Å². The summed E-state index contributed by atoms with van der Waals surface area (Å²) in [5, 5.41) is 3.76. The van der Waals surface area contributed by atoms with Crippen LogP contribution in [0.5, 0.6) is 5.75 Å². The number of amides is 2. The molecule has 1 aromatic heterocycles. The van der Waals surface area contributed by atoms with Crippen molar-refractivity contribution in [3.63, 3.8) is 0 Å². The summed E-state index contributed by atoms with van der Waals surface area (Å²) in [6.07, 6.45) is 1.30. The average molecular weight is 478 g/mol. The molecule has 0 saturated carbocycles. The molecule has 1 unspecified atom stereocenters. The van der Waals surface area contributed by atoms with E-state index in [0.29, 0.717) is 36.8 Å². The van der Waals surface area contributed by atoms with Crippen LogP contribution < -0.4 is 10.1 Å². The number of nitrogens with zero attached hydrogens (tertiary/aromatic N) is 2. The van der Waals surface area contributed by atoms with Gasteiger partial charge in [0.1, 0.15) is 17.7 Å². The second kappa shape index (κ2) is 9.56. The third kappa shape index (κ3) is 4.43. The van der Waals surface area contributed by atoms with Crippen LogP contribution in [0.25, 0.3) is 10.4 Å². The Balaban J connectivity index is 1.32. The van der Waals surface area contributed by atoms with Crippen LogP contribution in [0.15, 0.2) is 42.5 Å². The fraction of sp³-hybridized carbons (Fsp3) is 0.346. The normalized spacial score (nSPS) is 17.2. The molecule has 8 heteroatoms. The van der Waals surface area contributed by atoms with Crippen molar-refractivity contribution in [3.8, 4) is 16.2 Å². The number of rotatable bonds is 5. The summed E-state index contributed by atoms with van der Waals surface area (Å²) in [5.74, 6) is 0.247. The van der Waals surface area contributed by atoms with Gasteiger partial charge in [-0.15, -0.1) is 11.3 Å². The number of fused-ring (bicyclic) bond motifs is 1. The molecule has 0 bridgehead atoms. The molecule has 176 valence electrons. The maximum Gasteiger partial charge on any atom is 0.276 e. The van der Waals surface area contributed by atoms with E-state index in [1.165, 1.54) is 11.3 Å². The molecule has 2 aliphatic rings. The monoisotopic (exact) mass is 477 g/mol. The molecule has 1 atom stereocenters. The summed E-state index contributed by atoms with van der Waals surface area (Å²) in [5.41, 5.74) is 4.10. The fourth-order valence-electron chi connectivity index (χ4n) is 4.46. The van der Waals surface area contributed by atoms with Gasteiger partial charge in [0, 0.05) is 6.54 Å². The van der Waals surface area contributed by atoms with E-state index in [2.05, 4.69) is 16.4 Å². The number of aryl methyl sites for hydroxylation is 3. The van der Waals surface area contributed by atoms with Crippen molar-refractivity contribution in [3.05, 3.63) is 69.9 Å². The van der Waals surface area contributed by atoms with E-state index >= 15 is 0 Å². The van der Waals surface area contributed by atoms with Crippen molar-refractivity contribution >= 4 is 23.2 Å². The molecular formula is C26H27N3O4S. The fourth-order valence-corrected chi connectivity index (χ4v) is 5.36. The van der Waals surface area contributed by atoms with Crippen LogP contribution in [0.4, 0.5) is 0 Å². The zero-order chi connectivity index (χ0) is 23.7. The summed E-state index contributed by atoms with van der Waals surface area (Å²) >= 11 is 1.51. The van der Waals surface area contributed by atoms with Crippen molar-refractivity contribution < 1.29 is 19.1 Å². The number of nitrogens with one attached hydrogen (secondary N) is 1. The number of para-hydroxylation sites is 1. The molecule has 34 heavy (non-hydrogen) atoms. The zero-order valence-electron chi connectivity index (χ0n) is 19.3. The van der Waals surface area contributed by atoms with Crippen LogP contribution >= 0.6 is 11.3 Å². The molecule has 0 spiro atoms. The first-order chi connectivity index (χ1) is 16.5. The molecule has 3 heterocycles. The molecule has 7 nitrogen and oxygen atoms in total. The van der Waals surface area contributed by atoms with E-state index in [1.54, 1.807) is 11.0 Å². The largest absolute Gasteiger partial charge is 0.492 e. The third-order valence-electron chi connectivity index (χ3n) is 6.08. The van der Waals surface area contributed by atoms with Crippen LogP contribution in [-0.2, 0) is 11.2 Å². The highest BCUT2D eigenvalue weighted by Crippen LogP contribution is 2.32. The Hall–Kier alpha value is -3.23. The molecular weight excluding hydrogens is 450 g/mol. The van der Waals surface area contributed by atoms with Crippen molar-refractivity contribution in [2.75, 3.05) is 26.3 Å². The van der Waals surface area contributed by atoms with Gasteiger partial charge in [0.25, 0.3) is 11.8 Å². The Morgan fingerprint density at radius 3 is 2.88 bits per heavy atom. The molecule has 0 radical (unpaired) electrons. The van der Waals surface area contributed by atoms with Gasteiger partial charge in [-0.25, -0.2) is 4.98 Å². The molecule has 1 saturated heterocycles. The molecule has 2 amide bonds. The number of aromatic nitrogens is 1. The van der Waals surface area contributed by atoms with E-state index < -0.39 is 6.23 Å². The minimum absolute atomic E-state index is 0.182. The van der Waals surface area contributed by atoms with Crippen LogP contribution in [0.1, 0.15) is 43.4 Å². The Morgan fingerprint density at radius 2 is 2.03 bits per heavy atom. The van der Waals surface area contributed by atoms with Crippen molar-refractivity contribution in [2.45, 2.75) is 32.9 Å². The minimum atomic E-state index is -0.552. The highest BCUT2D eigenvalue weighted by molar-refractivity contribution is 7.15. The van der Waals surface area contributed by atoms with Gasteiger partial charge in [0.15, 0.2) is 0 Å². The first-order valence-electron chi connectivity index (χ1n) is 11.5. The summed E-state index contributed by atoms with van der Waals surface area (Å²) < 4.78 is 11.6. The molecule has 1 fully saturated rings. The smallest absolute Gasteiger partial charge is 0.276 e. The standard InChI is InChI=1S/C26H27N3O4S/c1-16-6-3-8-19(14-16)24-22(28-17(2)34-24)26(31)29-11-13-32-21(29)15-27-25(30)20-10-4-7-18-9-5-12-33-23(18)20/h3-4,6-8,10,14,21H,5,9,11-13,15H2,1-2H3,(H,27,30). The van der Waals surface area contributed by atoms with E-state index in [-0.39, 0.29) is 18.4 Å².